The van der Waals surface area contributed by atoms with Crippen molar-refractivity contribution in [1.82, 2.24) is 9.88 Å². The molecule has 0 aliphatic rings. The summed E-state index contributed by atoms with van der Waals surface area (Å²) in [6.45, 7) is 4.61. The Morgan fingerprint density at radius 1 is 0.821 bits per heavy atom. The van der Waals surface area contributed by atoms with Gasteiger partial charge in [-0.2, -0.15) is 0 Å². The van der Waals surface area contributed by atoms with Crippen molar-refractivity contribution in [2.24, 2.45) is 0 Å². The van der Waals surface area contributed by atoms with Gasteiger partial charge in [-0.15, -0.1) is 0 Å². The first kappa shape index (κ1) is 18.3. The average molecular weight is 370 g/mol. The van der Waals surface area contributed by atoms with E-state index in [1.807, 2.05) is 18.2 Å². The predicted molar refractivity (Wildman–Crippen MR) is 116 cm³/mol. The molecule has 0 aliphatic carbocycles. The number of aryl methyl sites for hydroxylation is 1. The van der Waals surface area contributed by atoms with Gasteiger partial charge in [-0.05, 0) is 30.2 Å². The number of nitrogens with zero attached hydrogens (tertiary/aromatic N) is 1. The van der Waals surface area contributed by atoms with Crippen LogP contribution in [0.1, 0.15) is 22.3 Å². The third-order valence-electron chi connectivity index (χ3n) is 5.17. The summed E-state index contributed by atoms with van der Waals surface area (Å²) in [5.74, 6) is 0.928. The third-order valence-corrected chi connectivity index (χ3v) is 5.17. The highest BCUT2D eigenvalue weighted by Gasteiger charge is 2.09. The molecule has 0 atom stereocenters. The molecule has 0 bridgehead atoms. The molecule has 0 fully saturated rings. The van der Waals surface area contributed by atoms with Crippen LogP contribution in [0.15, 0.2) is 79.0 Å². The monoisotopic (exact) mass is 370 g/mol. The maximum absolute atomic E-state index is 5.45. The van der Waals surface area contributed by atoms with E-state index in [1.54, 1.807) is 7.11 Å². The summed E-state index contributed by atoms with van der Waals surface area (Å²) in [6, 6.07) is 25.6. The molecule has 0 radical (unpaired) electrons. The van der Waals surface area contributed by atoms with Gasteiger partial charge in [0.15, 0.2) is 0 Å². The van der Waals surface area contributed by atoms with Crippen molar-refractivity contribution in [2.45, 2.75) is 26.6 Å². The first-order valence-corrected chi connectivity index (χ1v) is 9.69. The highest BCUT2D eigenvalue weighted by Crippen LogP contribution is 2.23. The molecule has 3 nitrogen and oxygen atoms in total. The van der Waals surface area contributed by atoms with Gasteiger partial charge in [0.05, 0.1) is 7.11 Å². The molecule has 0 spiro atoms. The Morgan fingerprint density at radius 2 is 1.54 bits per heavy atom. The zero-order chi connectivity index (χ0) is 19.3. The number of nitrogens with one attached hydrogen (secondary N) is 1. The molecule has 1 aromatic heterocycles. The molecule has 0 amide bonds. The summed E-state index contributed by atoms with van der Waals surface area (Å²) in [6.07, 6.45) is 2.28. The molecule has 4 rings (SSSR count). The van der Waals surface area contributed by atoms with Crippen molar-refractivity contribution >= 4 is 10.9 Å². The van der Waals surface area contributed by atoms with E-state index in [0.29, 0.717) is 0 Å². The van der Waals surface area contributed by atoms with Crippen LogP contribution in [0.2, 0.25) is 0 Å². The Hall–Kier alpha value is -3.04. The van der Waals surface area contributed by atoms with Crippen LogP contribution in [-0.2, 0) is 19.6 Å². The van der Waals surface area contributed by atoms with E-state index in [2.05, 4.69) is 77.6 Å². The largest absolute Gasteiger partial charge is 0.496 e. The van der Waals surface area contributed by atoms with Gasteiger partial charge in [-0.3, -0.25) is 0 Å². The number of methoxy groups -OCH3 is 1. The topological polar surface area (TPSA) is 26.2 Å². The Labute approximate surface area is 166 Å². The summed E-state index contributed by atoms with van der Waals surface area (Å²) in [5.41, 5.74) is 6.38. The fourth-order valence-corrected chi connectivity index (χ4v) is 3.67. The second-order valence-corrected chi connectivity index (χ2v) is 7.20. The number of hydrogen-bond donors (Lipinski definition) is 1. The van der Waals surface area contributed by atoms with Crippen LogP contribution >= 0.6 is 0 Å². The molecule has 0 unspecified atom stereocenters. The molecule has 0 saturated carbocycles. The number of rotatable bonds is 7. The zero-order valence-electron chi connectivity index (χ0n) is 16.5. The van der Waals surface area contributed by atoms with E-state index >= 15 is 0 Å². The minimum absolute atomic E-state index is 0.779. The zero-order valence-corrected chi connectivity index (χ0v) is 16.5. The Morgan fingerprint density at radius 3 is 2.36 bits per heavy atom. The van der Waals surface area contributed by atoms with Crippen molar-refractivity contribution in [3.63, 3.8) is 0 Å². The van der Waals surface area contributed by atoms with Crippen LogP contribution in [0.5, 0.6) is 5.75 Å². The molecule has 3 heteroatoms. The molecule has 1 heterocycles. The van der Waals surface area contributed by atoms with Crippen molar-refractivity contribution in [3.8, 4) is 5.75 Å². The minimum Gasteiger partial charge on any atom is -0.496 e. The Bertz CT molecular complexity index is 1060. The first-order chi connectivity index (χ1) is 13.7. The number of fused-ring (bicyclic) bond motifs is 1. The lowest BCUT2D eigenvalue weighted by molar-refractivity contribution is 0.407. The van der Waals surface area contributed by atoms with Crippen LogP contribution in [0.25, 0.3) is 10.9 Å². The molecule has 0 saturated heterocycles. The van der Waals surface area contributed by atoms with E-state index in [1.165, 1.54) is 33.2 Å². The van der Waals surface area contributed by atoms with Gasteiger partial charge in [0.1, 0.15) is 5.75 Å². The second kappa shape index (κ2) is 8.32. The number of para-hydroxylation sites is 2. The van der Waals surface area contributed by atoms with Crippen molar-refractivity contribution in [3.05, 3.63) is 101 Å². The predicted octanol–water partition coefficient (Wildman–Crippen LogP) is 5.30. The molecule has 142 valence electrons. The van der Waals surface area contributed by atoms with Crippen molar-refractivity contribution in [2.75, 3.05) is 7.11 Å². The third kappa shape index (κ3) is 3.95. The number of ether oxygens (including phenoxy) is 1. The summed E-state index contributed by atoms with van der Waals surface area (Å²) in [4.78, 5) is 0. The normalized spacial score (nSPS) is 11.1. The fourth-order valence-electron chi connectivity index (χ4n) is 3.67. The summed E-state index contributed by atoms with van der Waals surface area (Å²) < 4.78 is 7.80. The van der Waals surface area contributed by atoms with Gasteiger partial charge >= 0.3 is 0 Å². The van der Waals surface area contributed by atoms with Crippen LogP contribution in [-0.4, -0.2) is 11.7 Å². The smallest absolute Gasteiger partial charge is 0.123 e. The molecular weight excluding hydrogens is 344 g/mol. The van der Waals surface area contributed by atoms with Crippen molar-refractivity contribution in [1.29, 1.82) is 0 Å². The van der Waals surface area contributed by atoms with E-state index in [9.17, 15) is 0 Å². The highest BCUT2D eigenvalue weighted by atomic mass is 16.5. The van der Waals surface area contributed by atoms with Gasteiger partial charge in [0.25, 0.3) is 0 Å². The van der Waals surface area contributed by atoms with E-state index in [-0.39, 0.29) is 0 Å². The lowest BCUT2D eigenvalue weighted by Crippen LogP contribution is -2.13. The Kier molecular flexibility index (Phi) is 5.45. The molecule has 3 aromatic carbocycles. The first-order valence-electron chi connectivity index (χ1n) is 9.69. The minimum atomic E-state index is 0.779. The molecular formula is C25H26N2O. The van der Waals surface area contributed by atoms with Gasteiger partial charge in [0, 0.05) is 42.3 Å². The van der Waals surface area contributed by atoms with Gasteiger partial charge in [-0.1, -0.05) is 66.2 Å². The van der Waals surface area contributed by atoms with E-state index in [4.69, 9.17) is 4.74 Å². The maximum Gasteiger partial charge on any atom is 0.123 e. The fraction of sp³-hybridized carbons (Fsp3) is 0.200. The summed E-state index contributed by atoms with van der Waals surface area (Å²) >= 11 is 0. The lowest BCUT2D eigenvalue weighted by Gasteiger charge is -2.09. The quantitative estimate of drug-likeness (QED) is 0.478. The van der Waals surface area contributed by atoms with Crippen LogP contribution in [0, 0.1) is 6.92 Å². The lowest BCUT2D eigenvalue weighted by atomic mass is 10.1. The van der Waals surface area contributed by atoms with E-state index < -0.39 is 0 Å². The molecule has 4 aromatic rings. The molecule has 28 heavy (non-hydrogen) atoms. The number of hydrogen-bond acceptors (Lipinski definition) is 2. The number of aromatic nitrogens is 1. The summed E-state index contributed by atoms with van der Waals surface area (Å²) in [7, 11) is 1.72. The number of benzene rings is 3. The molecule has 0 aliphatic heterocycles. The highest BCUT2D eigenvalue weighted by molar-refractivity contribution is 5.84. The van der Waals surface area contributed by atoms with Crippen molar-refractivity contribution < 1.29 is 4.74 Å². The standard InChI is InChI=1S/C25H26N2O/c1-19-11-13-20(14-12-19)17-27-18-22(23-8-4-5-9-24(23)27)16-26-15-21-7-3-6-10-25(21)28-2/h3-14,18,26H,15-17H2,1-2H3. The van der Waals surface area contributed by atoms with Gasteiger partial charge in [-0.25, -0.2) is 0 Å². The van der Waals surface area contributed by atoms with Crippen LogP contribution in [0.4, 0.5) is 0 Å². The van der Waals surface area contributed by atoms with E-state index in [0.717, 1.165) is 25.4 Å². The van der Waals surface area contributed by atoms with Crippen LogP contribution in [0.3, 0.4) is 0 Å². The molecule has 1 N–H and O–H groups in total. The second-order valence-electron chi connectivity index (χ2n) is 7.20. The van der Waals surface area contributed by atoms with Crippen LogP contribution < -0.4 is 10.1 Å². The maximum atomic E-state index is 5.45. The summed E-state index contributed by atoms with van der Waals surface area (Å²) in [5, 5.41) is 4.88. The van der Waals surface area contributed by atoms with Gasteiger partial charge < -0.3 is 14.6 Å². The Balaban J connectivity index is 1.53. The van der Waals surface area contributed by atoms with Gasteiger partial charge in [0.2, 0.25) is 0 Å². The average Bonchev–Trinajstić information content (AvgIpc) is 3.08. The SMILES string of the molecule is COc1ccccc1CNCc1cn(Cc2ccc(C)cc2)c2ccccc12.